The fraction of sp³-hybridized carbons (Fsp3) is 0.550. The summed E-state index contributed by atoms with van der Waals surface area (Å²) in [5.74, 6) is -1.79. The Morgan fingerprint density at radius 2 is 1.21 bits per heavy atom. The highest BCUT2D eigenvalue weighted by molar-refractivity contribution is 9.10. The monoisotopic (exact) mass is 1030 g/mol. The molecular weight excluding hydrogens is 976 g/mol. The van der Waals surface area contributed by atoms with Crippen LogP contribution in [0.2, 0.25) is 51.4 Å². The number of nitrogens with one attached hydrogen (secondary N) is 1. The molecule has 0 saturated carbocycles. The lowest BCUT2D eigenvalue weighted by Gasteiger charge is -2.37. The highest BCUT2D eigenvalue weighted by Crippen LogP contribution is 2.23. The predicted molar refractivity (Wildman–Crippen MR) is 248 cm³/mol. The number of halogens is 2. The van der Waals surface area contributed by atoms with Gasteiger partial charge in [0.2, 0.25) is 11.8 Å². The van der Waals surface area contributed by atoms with Gasteiger partial charge < -0.3 is 44.6 Å². The molecule has 23 heteroatoms. The maximum atomic E-state index is 12.9. The first-order valence-electron chi connectivity index (χ1n) is 20.4. The summed E-state index contributed by atoms with van der Waals surface area (Å²) >= 11 is 6.51. The van der Waals surface area contributed by atoms with Crippen molar-refractivity contribution in [1.29, 1.82) is 10.5 Å². The number of likely N-dealkylation sites (tertiary alicyclic amines) is 2. The number of carboxylic acid groups (broad SMARTS) is 1. The molecule has 2 fully saturated rings. The molecule has 0 aliphatic carbocycles. The van der Waals surface area contributed by atoms with Crippen molar-refractivity contribution in [3.8, 4) is 12.1 Å². The summed E-state index contributed by atoms with van der Waals surface area (Å²) < 4.78 is 15.9. The van der Waals surface area contributed by atoms with Crippen molar-refractivity contribution in [3.63, 3.8) is 0 Å². The van der Waals surface area contributed by atoms with E-state index in [4.69, 9.17) is 25.7 Å². The Morgan fingerprint density at radius 3 is 1.60 bits per heavy atom. The van der Waals surface area contributed by atoms with E-state index >= 15 is 0 Å². The molecule has 63 heavy (non-hydrogen) atoms. The number of nitrogens with zero attached hydrogens (tertiary/aromatic N) is 10. The Morgan fingerprint density at radius 1 is 0.794 bits per heavy atom. The van der Waals surface area contributed by atoms with Crippen molar-refractivity contribution in [3.05, 3.63) is 45.1 Å². The highest BCUT2D eigenvalue weighted by atomic mass is 79.9. The summed E-state index contributed by atoms with van der Waals surface area (Å²) in [5, 5.41) is 29.3. The van der Waals surface area contributed by atoms with Crippen LogP contribution in [0.4, 0.5) is 0 Å². The summed E-state index contributed by atoms with van der Waals surface area (Å²) in [4.78, 5) is 68.2. The molecule has 6 heterocycles. The van der Waals surface area contributed by atoms with Gasteiger partial charge in [-0.2, -0.15) is 10.5 Å². The van der Waals surface area contributed by atoms with Crippen molar-refractivity contribution < 1.29 is 33.8 Å². The number of aromatic nitrogens is 6. The lowest BCUT2D eigenvalue weighted by molar-refractivity contribution is -0.138. The summed E-state index contributed by atoms with van der Waals surface area (Å²) in [6.07, 6.45) is 6.30. The Balaban J connectivity index is 0.000000233. The number of carbonyl (C=O) groups is 4. The molecule has 0 aromatic carbocycles. The number of carbonyl (C=O) groups excluding carboxylic acids is 3. The molecule has 0 bridgehead atoms. The van der Waals surface area contributed by atoms with Crippen LogP contribution in [0.5, 0.6) is 0 Å². The van der Waals surface area contributed by atoms with E-state index in [2.05, 4.69) is 109 Å². The molecule has 0 radical (unpaired) electrons. The summed E-state index contributed by atoms with van der Waals surface area (Å²) in [5.41, 5.74) is 7.68. The average molecular weight is 1030 g/mol. The molecule has 0 unspecified atom stereocenters. The average Bonchev–Trinajstić information content (AvgIpc) is 3.71. The largest absolute Gasteiger partial charge is 0.478 e. The minimum Gasteiger partial charge on any atom is -0.478 e. The van der Waals surface area contributed by atoms with Crippen LogP contribution in [-0.2, 0) is 32.5 Å². The number of carboxylic acids is 1. The Bertz CT molecular complexity index is 2360. The predicted octanol–water partition coefficient (Wildman–Crippen LogP) is 5.13. The molecule has 2 saturated heterocycles. The minimum absolute atomic E-state index is 0.0256. The maximum Gasteiger partial charge on any atom is 0.339 e. The van der Waals surface area contributed by atoms with Gasteiger partial charge in [-0.3, -0.25) is 14.4 Å². The molecule has 2 atom stereocenters. The van der Waals surface area contributed by atoms with Crippen LogP contribution < -0.4 is 11.1 Å². The second kappa shape index (κ2) is 22.3. The van der Waals surface area contributed by atoms with Crippen LogP contribution in [0.1, 0.15) is 34.6 Å². The van der Waals surface area contributed by atoms with Gasteiger partial charge >= 0.3 is 5.97 Å². The Hall–Kier alpha value is -4.63. The van der Waals surface area contributed by atoms with Gasteiger partial charge in [0, 0.05) is 67.9 Å². The van der Waals surface area contributed by atoms with Gasteiger partial charge in [0.05, 0.1) is 48.0 Å². The van der Waals surface area contributed by atoms with Gasteiger partial charge in [0.15, 0.2) is 11.3 Å². The van der Waals surface area contributed by atoms with Crippen molar-refractivity contribution in [2.24, 2.45) is 17.6 Å². The van der Waals surface area contributed by atoms with Crippen LogP contribution in [-0.4, -0.2) is 135 Å². The lowest BCUT2D eigenvalue weighted by atomic mass is 10.0. The number of hydrogen-bond donors (Lipinski definition) is 3. The zero-order chi connectivity index (χ0) is 46.8. The molecule has 0 spiro atoms. The van der Waals surface area contributed by atoms with Crippen molar-refractivity contribution >= 4 is 94.0 Å². The third kappa shape index (κ3) is 14.7. The molecular formula is C40H56Br2N12O7Si2. The smallest absolute Gasteiger partial charge is 0.339 e. The molecule has 2 aliphatic rings. The number of aromatic carboxylic acids is 1. The number of nitrogens with two attached hydrogens (primary N) is 1. The first-order valence-corrected chi connectivity index (χ1v) is 29.4. The van der Waals surface area contributed by atoms with Gasteiger partial charge in [-0.15, -0.1) is 0 Å². The number of nitriles is 2. The first-order chi connectivity index (χ1) is 29.5. The van der Waals surface area contributed by atoms with Gasteiger partial charge in [-0.05, 0) is 57.8 Å². The van der Waals surface area contributed by atoms with E-state index in [-0.39, 0.29) is 42.7 Å². The molecule has 2 aliphatic heterocycles. The fourth-order valence-corrected chi connectivity index (χ4v) is 8.11. The van der Waals surface area contributed by atoms with E-state index < -0.39 is 40.1 Å². The van der Waals surface area contributed by atoms with E-state index in [0.717, 1.165) is 12.1 Å². The molecule has 6 rings (SSSR count). The molecule has 340 valence electrons. The highest BCUT2D eigenvalue weighted by Gasteiger charge is 2.34. The third-order valence-corrected chi connectivity index (χ3v) is 14.0. The number of amides is 3. The number of hydrogen-bond acceptors (Lipinski definition) is 13. The topological polar surface area (TPSA) is 260 Å². The summed E-state index contributed by atoms with van der Waals surface area (Å²) in [6.45, 7) is 20.8. The summed E-state index contributed by atoms with van der Waals surface area (Å²) in [6, 6.07) is 5.19. The van der Waals surface area contributed by atoms with Crippen molar-refractivity contribution in [2.75, 3.05) is 39.4 Å². The van der Waals surface area contributed by atoms with Crippen LogP contribution in [0.25, 0.3) is 22.3 Å². The zero-order valence-corrected chi connectivity index (χ0v) is 42.1. The number of fused-ring (bicyclic) bond motifs is 2. The lowest BCUT2D eigenvalue weighted by Crippen LogP contribution is -2.55. The van der Waals surface area contributed by atoms with Crippen LogP contribution in [0, 0.1) is 34.5 Å². The Labute approximate surface area is 385 Å². The first kappa shape index (κ1) is 51.0. The third-order valence-electron chi connectivity index (χ3n) is 9.86. The van der Waals surface area contributed by atoms with Crippen LogP contribution >= 0.6 is 31.9 Å². The number of ether oxygens (including phenoxy) is 2. The summed E-state index contributed by atoms with van der Waals surface area (Å²) in [7, 11) is -2.33. The number of rotatable bonds is 15. The van der Waals surface area contributed by atoms with E-state index in [1.54, 1.807) is 51.4 Å². The normalized spacial score (nSPS) is 15.1. The molecule has 19 nitrogen and oxygen atoms in total. The van der Waals surface area contributed by atoms with Gasteiger partial charge in [0.25, 0.3) is 5.91 Å². The van der Waals surface area contributed by atoms with Crippen LogP contribution in [0.15, 0.2) is 34.0 Å². The van der Waals surface area contributed by atoms with Crippen LogP contribution in [0.3, 0.4) is 0 Å². The fourth-order valence-electron chi connectivity index (χ4n) is 6.04. The standard InChI is InChI=1S/C20H27BrN6O3Si.C13H18BrN3O3Si.C7H11N3O/c1-13(20(29)26-9-14(7-22)10-26)24-19(28)15-11-27(12-30-5-6-31(2,3)4)18-17(15)25-16(21)8-23-18;1-21(2,3)5-4-20-8-17-7-9(13(18)19)11-12(17)15-6-10(14)16-11;1-5(9)7(11)10-3-6(2-8)4-10/h8,11,13-14H,5-6,9-10,12H2,1-4H3,(H,24,28);6-7H,4-5,8H2,1-3H3,(H,18,19);5-6H,3-4,9H2,1H3/t13-;;5-/m1.1/s1. The van der Waals surface area contributed by atoms with Gasteiger partial charge in [-0.1, -0.05) is 39.3 Å². The van der Waals surface area contributed by atoms with E-state index in [0.29, 0.717) is 76.5 Å². The van der Waals surface area contributed by atoms with Gasteiger partial charge in [-0.25, -0.2) is 24.7 Å². The SMILES string of the molecule is C[C@@H](N)C(=O)N1CC(C#N)C1.C[C@@H](NC(=O)c1cn(COCC[Si](C)(C)C)c2ncc(Br)nc12)C(=O)N1CC(C#N)C1.C[Si](C)(C)CCOCn1cc(C(=O)O)c2nc(Br)cnc21. The molecule has 4 aromatic heterocycles. The minimum atomic E-state index is -1.20. The van der Waals surface area contributed by atoms with E-state index in [1.807, 2.05) is 0 Å². The molecule has 3 amide bonds. The van der Waals surface area contributed by atoms with E-state index in [1.165, 1.54) is 6.20 Å². The van der Waals surface area contributed by atoms with Gasteiger partial charge in [0.1, 0.15) is 45.3 Å². The second-order valence-corrected chi connectivity index (χ2v) is 30.7. The maximum absolute atomic E-state index is 12.9. The molecule has 4 N–H and O–H groups in total. The second-order valence-electron chi connectivity index (χ2n) is 17.9. The zero-order valence-electron chi connectivity index (χ0n) is 36.9. The Kier molecular flexibility index (Phi) is 18.1. The van der Waals surface area contributed by atoms with Crippen molar-refractivity contribution in [1.82, 2.24) is 44.2 Å². The molecule has 4 aromatic rings. The van der Waals surface area contributed by atoms with E-state index in [9.17, 15) is 24.3 Å². The van der Waals surface area contributed by atoms with Crippen molar-refractivity contribution in [2.45, 2.75) is 90.8 Å². The quantitative estimate of drug-likeness (QED) is 0.103.